The Balaban J connectivity index is 1.87. The molecule has 0 saturated heterocycles. The van der Waals surface area contributed by atoms with Crippen molar-refractivity contribution in [3.05, 3.63) is 46.8 Å². The number of aromatic nitrogens is 3. The van der Waals surface area contributed by atoms with Gasteiger partial charge in [-0.2, -0.15) is 13.2 Å². The number of carbonyl (C=O) groups excluding carboxylic acids is 1. The zero-order valence-corrected chi connectivity index (χ0v) is 19.0. The van der Waals surface area contributed by atoms with Crippen LogP contribution in [0.4, 0.5) is 31.1 Å². The summed E-state index contributed by atoms with van der Waals surface area (Å²) in [5.41, 5.74) is -1.39. The van der Waals surface area contributed by atoms with E-state index in [9.17, 15) is 41.0 Å². The van der Waals surface area contributed by atoms with Gasteiger partial charge in [-0.15, -0.1) is 10.2 Å². The molecule has 3 rings (SSSR count). The lowest BCUT2D eigenvalue weighted by atomic mass is 9.95. The van der Waals surface area contributed by atoms with E-state index >= 15 is 0 Å². The minimum absolute atomic E-state index is 0.0916. The molecule has 35 heavy (non-hydrogen) atoms. The lowest BCUT2D eigenvalue weighted by Crippen LogP contribution is -2.54. The molecule has 1 atom stereocenters. The minimum Gasteiger partial charge on any atom is -0.465 e. The number of amides is 2. The van der Waals surface area contributed by atoms with E-state index in [2.05, 4.69) is 10.2 Å². The maximum Gasteiger partial charge on any atom is 0.451 e. The fourth-order valence-corrected chi connectivity index (χ4v) is 4.13. The van der Waals surface area contributed by atoms with E-state index in [-0.39, 0.29) is 31.0 Å². The van der Waals surface area contributed by atoms with Crippen molar-refractivity contribution in [2.75, 3.05) is 6.54 Å². The number of nitrogens with zero attached hydrogens (tertiary/aromatic N) is 5. The zero-order chi connectivity index (χ0) is 26.3. The molecule has 0 bridgehead atoms. The van der Waals surface area contributed by atoms with Gasteiger partial charge in [-0.25, -0.2) is 18.0 Å². The molecule has 0 fully saturated rings. The van der Waals surface area contributed by atoms with Crippen LogP contribution in [0.15, 0.2) is 12.1 Å². The zero-order valence-electron chi connectivity index (χ0n) is 19.0. The van der Waals surface area contributed by atoms with Gasteiger partial charge in [0.25, 0.3) is 0 Å². The van der Waals surface area contributed by atoms with Crippen molar-refractivity contribution in [3.8, 4) is 0 Å². The minimum atomic E-state index is -4.72. The van der Waals surface area contributed by atoms with Crippen molar-refractivity contribution in [3.63, 3.8) is 0 Å². The summed E-state index contributed by atoms with van der Waals surface area (Å²) >= 11 is 0. The van der Waals surface area contributed by atoms with Gasteiger partial charge in [-0.05, 0) is 38.8 Å². The van der Waals surface area contributed by atoms with Gasteiger partial charge in [0.2, 0.25) is 11.7 Å². The van der Waals surface area contributed by atoms with Gasteiger partial charge in [0.1, 0.15) is 5.82 Å². The second-order valence-corrected chi connectivity index (χ2v) is 9.15. The molecule has 14 heteroatoms. The third kappa shape index (κ3) is 5.68. The summed E-state index contributed by atoms with van der Waals surface area (Å²) in [5.74, 6) is -5.76. The molecule has 0 radical (unpaired) electrons. The molecule has 2 aromatic rings. The Morgan fingerprint density at radius 3 is 2.26 bits per heavy atom. The van der Waals surface area contributed by atoms with Crippen LogP contribution in [-0.4, -0.2) is 59.8 Å². The standard InChI is InChI=1S/C21H23F6N5O3/c1-20(2,3)32(19(34)35)12(6-11-7-14(23)15(24)9-13(11)22)8-17(33)30-4-5-31-16(10-30)28-29-18(31)21(25,26)27/h7,9,12H,4-6,8,10H2,1-3H3,(H,34,35). The highest BCUT2D eigenvalue weighted by Crippen LogP contribution is 2.30. The topological polar surface area (TPSA) is 91.6 Å². The SMILES string of the molecule is CC(C)(C)N(C(=O)O)C(CC(=O)N1CCn2c(nnc2C(F)(F)F)C1)Cc1cc(F)c(F)cc1F. The van der Waals surface area contributed by atoms with Crippen LogP contribution in [0.2, 0.25) is 0 Å². The molecule has 2 heterocycles. The Bertz CT molecular complexity index is 1130. The number of hydrogen-bond acceptors (Lipinski definition) is 4. The highest BCUT2D eigenvalue weighted by Gasteiger charge is 2.41. The van der Waals surface area contributed by atoms with Crippen LogP contribution in [0.3, 0.4) is 0 Å². The van der Waals surface area contributed by atoms with Crippen LogP contribution < -0.4 is 0 Å². The Morgan fingerprint density at radius 2 is 1.69 bits per heavy atom. The Labute approximate surface area is 196 Å². The molecule has 1 N–H and O–H groups in total. The molecule has 1 aromatic heterocycles. The summed E-state index contributed by atoms with van der Waals surface area (Å²) < 4.78 is 81.5. The molecule has 1 unspecified atom stereocenters. The van der Waals surface area contributed by atoms with E-state index in [4.69, 9.17) is 0 Å². The van der Waals surface area contributed by atoms with Crippen LogP contribution in [0.1, 0.15) is 44.4 Å². The molecule has 2 amide bonds. The molecule has 0 spiro atoms. The average molecular weight is 507 g/mol. The smallest absolute Gasteiger partial charge is 0.451 e. The molecular weight excluding hydrogens is 484 g/mol. The first-order valence-electron chi connectivity index (χ1n) is 10.5. The Kier molecular flexibility index (Phi) is 7.04. The third-order valence-electron chi connectivity index (χ3n) is 5.61. The van der Waals surface area contributed by atoms with Crippen molar-refractivity contribution >= 4 is 12.0 Å². The number of carbonyl (C=O) groups is 2. The number of carboxylic acid groups (broad SMARTS) is 1. The van der Waals surface area contributed by atoms with Gasteiger partial charge in [-0.3, -0.25) is 9.69 Å². The van der Waals surface area contributed by atoms with Gasteiger partial charge >= 0.3 is 12.3 Å². The van der Waals surface area contributed by atoms with Crippen molar-refractivity contribution in [1.82, 2.24) is 24.6 Å². The Hall–Kier alpha value is -3.32. The normalized spacial score (nSPS) is 15.1. The molecule has 0 saturated carbocycles. The van der Waals surface area contributed by atoms with Crippen molar-refractivity contribution in [2.24, 2.45) is 0 Å². The summed E-state index contributed by atoms with van der Waals surface area (Å²) in [7, 11) is 0. The number of halogens is 6. The van der Waals surface area contributed by atoms with E-state index in [0.717, 1.165) is 9.47 Å². The van der Waals surface area contributed by atoms with Crippen molar-refractivity contribution in [2.45, 2.75) is 64.5 Å². The first-order valence-corrected chi connectivity index (χ1v) is 10.5. The summed E-state index contributed by atoms with van der Waals surface area (Å²) in [5, 5.41) is 16.5. The van der Waals surface area contributed by atoms with Crippen molar-refractivity contribution in [1.29, 1.82) is 0 Å². The molecular formula is C21H23F6N5O3. The average Bonchev–Trinajstić information content (AvgIpc) is 3.14. The summed E-state index contributed by atoms with van der Waals surface area (Å²) in [6.45, 7) is 3.98. The van der Waals surface area contributed by atoms with Crippen LogP contribution in [0.5, 0.6) is 0 Å². The first-order chi connectivity index (χ1) is 16.1. The van der Waals surface area contributed by atoms with E-state index in [1.54, 1.807) is 20.8 Å². The molecule has 1 aromatic carbocycles. The van der Waals surface area contributed by atoms with E-state index in [0.29, 0.717) is 12.1 Å². The molecule has 1 aliphatic rings. The highest BCUT2D eigenvalue weighted by atomic mass is 19.4. The molecule has 0 aliphatic carbocycles. The molecule has 192 valence electrons. The summed E-state index contributed by atoms with van der Waals surface area (Å²) in [6.07, 6.45) is -7.07. The quantitative estimate of drug-likeness (QED) is 0.491. The predicted molar refractivity (Wildman–Crippen MR) is 108 cm³/mol. The molecule has 1 aliphatic heterocycles. The highest BCUT2D eigenvalue weighted by molar-refractivity contribution is 5.78. The fourth-order valence-electron chi connectivity index (χ4n) is 4.13. The van der Waals surface area contributed by atoms with Gasteiger partial charge < -0.3 is 14.6 Å². The number of hydrogen-bond donors (Lipinski definition) is 1. The van der Waals surface area contributed by atoms with Crippen LogP contribution >= 0.6 is 0 Å². The predicted octanol–water partition coefficient (Wildman–Crippen LogP) is 3.84. The monoisotopic (exact) mass is 507 g/mol. The van der Waals surface area contributed by atoms with Crippen LogP contribution in [0.25, 0.3) is 0 Å². The lowest BCUT2D eigenvalue weighted by Gasteiger charge is -2.40. The van der Waals surface area contributed by atoms with Gasteiger partial charge in [0.15, 0.2) is 17.5 Å². The number of alkyl halides is 3. The third-order valence-corrected chi connectivity index (χ3v) is 5.61. The van der Waals surface area contributed by atoms with Crippen LogP contribution in [-0.2, 0) is 30.5 Å². The largest absolute Gasteiger partial charge is 0.465 e. The fraction of sp³-hybridized carbons (Fsp3) is 0.524. The second kappa shape index (κ2) is 9.38. The number of fused-ring (bicyclic) bond motifs is 1. The Morgan fingerprint density at radius 1 is 1.06 bits per heavy atom. The maximum atomic E-state index is 14.3. The molecule has 8 nitrogen and oxygen atoms in total. The first kappa shape index (κ1) is 26.3. The number of rotatable bonds is 5. The second-order valence-electron chi connectivity index (χ2n) is 9.15. The number of benzene rings is 1. The van der Waals surface area contributed by atoms with Gasteiger partial charge in [-0.1, -0.05) is 0 Å². The van der Waals surface area contributed by atoms with Gasteiger partial charge in [0, 0.05) is 37.2 Å². The van der Waals surface area contributed by atoms with Crippen molar-refractivity contribution < 1.29 is 41.0 Å². The van der Waals surface area contributed by atoms with E-state index < -0.39 is 65.9 Å². The van der Waals surface area contributed by atoms with E-state index in [1.807, 2.05) is 0 Å². The maximum absolute atomic E-state index is 14.3. The summed E-state index contributed by atoms with van der Waals surface area (Å²) in [6, 6.07) is -0.251. The lowest BCUT2D eigenvalue weighted by molar-refractivity contribution is -0.148. The van der Waals surface area contributed by atoms with Gasteiger partial charge in [0.05, 0.1) is 6.54 Å². The van der Waals surface area contributed by atoms with E-state index in [1.165, 1.54) is 4.90 Å². The van der Waals surface area contributed by atoms with Crippen LogP contribution in [0, 0.1) is 17.5 Å². The summed E-state index contributed by atoms with van der Waals surface area (Å²) in [4.78, 5) is 27.2.